The fourth-order valence-corrected chi connectivity index (χ4v) is 6.74. The number of carbonyl (C=O) groups excluding carboxylic acids is 3. The van der Waals surface area contributed by atoms with Gasteiger partial charge < -0.3 is 25.6 Å². The maximum Gasteiger partial charge on any atom is 0.246 e. The van der Waals surface area contributed by atoms with Crippen LogP contribution in [0.5, 0.6) is 5.75 Å². The van der Waals surface area contributed by atoms with Gasteiger partial charge >= 0.3 is 0 Å². The maximum absolute atomic E-state index is 14.4. The third-order valence-electron chi connectivity index (χ3n) is 9.21. The molecule has 3 amide bonds. The van der Waals surface area contributed by atoms with Crippen LogP contribution in [0.25, 0.3) is 0 Å². The minimum atomic E-state index is -1.06. The average Bonchev–Trinajstić information content (AvgIpc) is 3.44. The summed E-state index contributed by atoms with van der Waals surface area (Å²) in [7, 11) is 1.70. The molecule has 0 spiro atoms. The van der Waals surface area contributed by atoms with Gasteiger partial charge in [-0.2, -0.15) is 4.39 Å². The van der Waals surface area contributed by atoms with Gasteiger partial charge in [0.05, 0.1) is 18.7 Å². The van der Waals surface area contributed by atoms with Crippen LogP contribution in [0.1, 0.15) is 69.9 Å². The van der Waals surface area contributed by atoms with Crippen LogP contribution in [0.2, 0.25) is 0 Å². The molecule has 0 radical (unpaired) electrons. The fourth-order valence-electron chi connectivity index (χ4n) is 6.74. The number of rotatable bonds is 7. The highest BCUT2D eigenvalue weighted by Crippen LogP contribution is 2.36. The lowest BCUT2D eigenvalue weighted by Crippen LogP contribution is -2.66. The molecule has 5 atom stereocenters. The van der Waals surface area contributed by atoms with Crippen LogP contribution >= 0.6 is 24.8 Å². The van der Waals surface area contributed by atoms with Gasteiger partial charge in [-0.3, -0.25) is 19.3 Å². The van der Waals surface area contributed by atoms with Crippen LogP contribution in [0, 0.1) is 17.6 Å². The molecule has 9 nitrogen and oxygen atoms in total. The number of ether oxygens (including phenoxy) is 1. The van der Waals surface area contributed by atoms with E-state index in [9.17, 15) is 23.2 Å². The van der Waals surface area contributed by atoms with Crippen molar-refractivity contribution < 1.29 is 27.9 Å². The molecule has 0 unspecified atom stereocenters. The van der Waals surface area contributed by atoms with E-state index in [1.807, 2.05) is 0 Å². The summed E-state index contributed by atoms with van der Waals surface area (Å²) >= 11 is 0. The fraction of sp³-hybridized carbons (Fsp3) is 0.690. The minimum Gasteiger partial charge on any atom is -0.490 e. The van der Waals surface area contributed by atoms with E-state index in [1.54, 1.807) is 18.9 Å². The van der Waals surface area contributed by atoms with Gasteiger partial charge in [0, 0.05) is 31.1 Å². The third kappa shape index (κ3) is 7.11. The second-order valence-corrected chi connectivity index (χ2v) is 11.7. The van der Waals surface area contributed by atoms with Gasteiger partial charge in [0.2, 0.25) is 23.5 Å². The Morgan fingerprint density at radius 1 is 1.00 bits per heavy atom. The highest BCUT2D eigenvalue weighted by Gasteiger charge is 2.45. The zero-order valence-electron chi connectivity index (χ0n) is 24.2. The maximum atomic E-state index is 14.4. The number of hydrogen-bond donors (Lipinski definition) is 3. The monoisotopic (exact) mass is 633 g/mol. The Bertz CT molecular complexity index is 1130. The normalized spacial score (nSPS) is 25.4. The van der Waals surface area contributed by atoms with E-state index >= 15 is 0 Å². The second kappa shape index (κ2) is 15.0. The molecule has 3 fully saturated rings. The highest BCUT2D eigenvalue weighted by atomic mass is 35.5. The Morgan fingerprint density at radius 2 is 1.74 bits per heavy atom. The van der Waals surface area contributed by atoms with Crippen LogP contribution in [0.4, 0.5) is 8.78 Å². The molecule has 1 aromatic carbocycles. The summed E-state index contributed by atoms with van der Waals surface area (Å²) in [5, 5.41) is 8.99. The van der Waals surface area contributed by atoms with Crippen LogP contribution < -0.4 is 20.7 Å². The van der Waals surface area contributed by atoms with E-state index in [-0.39, 0.29) is 66.9 Å². The van der Waals surface area contributed by atoms with Crippen LogP contribution in [-0.2, 0) is 14.4 Å². The van der Waals surface area contributed by atoms with Crippen molar-refractivity contribution in [3.05, 3.63) is 29.3 Å². The number of amides is 3. The summed E-state index contributed by atoms with van der Waals surface area (Å²) in [5.41, 5.74) is 0.389. The van der Waals surface area contributed by atoms with E-state index in [0.717, 1.165) is 57.6 Å². The number of likely N-dealkylation sites (N-methyl/N-ethyl adjacent to an activating group) is 1. The van der Waals surface area contributed by atoms with Crippen molar-refractivity contribution in [2.45, 2.75) is 88.5 Å². The Balaban J connectivity index is 0.00000242. The molecule has 4 aliphatic rings. The van der Waals surface area contributed by atoms with Gasteiger partial charge in [-0.15, -0.1) is 24.8 Å². The smallest absolute Gasteiger partial charge is 0.246 e. The molecule has 0 bridgehead atoms. The van der Waals surface area contributed by atoms with Gasteiger partial charge in [0.25, 0.3) is 0 Å². The summed E-state index contributed by atoms with van der Waals surface area (Å²) in [6.07, 6.45) is 7.19. The molecule has 1 saturated carbocycles. The zero-order valence-corrected chi connectivity index (χ0v) is 25.8. The summed E-state index contributed by atoms with van der Waals surface area (Å²) < 4.78 is 33.6. The number of benzene rings is 1. The Hall–Kier alpha value is -2.21. The van der Waals surface area contributed by atoms with Gasteiger partial charge in [-0.05, 0) is 58.2 Å². The Labute approximate surface area is 258 Å². The molecule has 0 aromatic heterocycles. The zero-order chi connectivity index (χ0) is 28.4. The predicted octanol–water partition coefficient (Wildman–Crippen LogP) is 3.10. The molecular weight excluding hydrogens is 591 g/mol. The number of nitrogens with zero attached hydrogens (tertiary/aromatic N) is 2. The molecular formula is C29H43Cl2F2N5O4. The summed E-state index contributed by atoms with van der Waals surface area (Å²) in [5.74, 6) is -3.01. The number of hydrogen-bond acceptors (Lipinski definition) is 6. The highest BCUT2D eigenvalue weighted by molar-refractivity contribution is 5.93. The minimum absolute atomic E-state index is 0. The van der Waals surface area contributed by atoms with Gasteiger partial charge in [-0.1, -0.05) is 25.3 Å². The van der Waals surface area contributed by atoms with E-state index in [2.05, 4.69) is 20.9 Å². The molecule has 3 heterocycles. The van der Waals surface area contributed by atoms with Crippen molar-refractivity contribution in [2.75, 3.05) is 33.3 Å². The van der Waals surface area contributed by atoms with E-state index in [1.165, 1.54) is 6.07 Å². The Kier molecular flexibility index (Phi) is 12.2. The number of nitrogens with one attached hydrogen (secondary N) is 3. The van der Waals surface area contributed by atoms with E-state index < -0.39 is 35.8 Å². The standard InChI is InChI=1S/C29H41F2N5O4.2ClH/c1-17(32-2)27(37)34-25(18-7-4-3-5-8-18)29(39)36-15-19-9-6-13-35(19)16-23(36)28(38)33-22-12-14-40-26-20(22)10-11-21(30)24(26)31;;/h10-11,17-19,22-23,25,32H,3-9,12-16H2,1-2H3,(H,33,38)(H,34,37);2*1H/t17-,19+,22+,23-,25-;;/m0../s1. The molecule has 2 saturated heterocycles. The van der Waals surface area contributed by atoms with Crippen molar-refractivity contribution in [2.24, 2.45) is 5.92 Å². The molecule has 3 N–H and O–H groups in total. The van der Waals surface area contributed by atoms with Crippen LogP contribution in [-0.4, -0.2) is 85.0 Å². The van der Waals surface area contributed by atoms with Crippen LogP contribution in [0.3, 0.4) is 0 Å². The molecule has 13 heteroatoms. The van der Waals surface area contributed by atoms with Crippen molar-refractivity contribution in [3.8, 4) is 5.75 Å². The molecule has 3 aliphatic heterocycles. The Morgan fingerprint density at radius 3 is 2.45 bits per heavy atom. The lowest BCUT2D eigenvalue weighted by molar-refractivity contribution is -0.149. The SMILES string of the molecule is CN[C@@H](C)C(=O)N[C@H](C(=O)N1C[C@H]2CCCN2C[C@H]1C(=O)N[C@@H]1CCOc2c1ccc(F)c2F)C1CCCCC1.Cl.Cl. The lowest BCUT2D eigenvalue weighted by Gasteiger charge is -2.45. The van der Waals surface area contributed by atoms with Crippen molar-refractivity contribution in [1.82, 2.24) is 25.8 Å². The summed E-state index contributed by atoms with van der Waals surface area (Å²) in [6.45, 7) is 3.57. The molecule has 1 aromatic rings. The molecule has 42 heavy (non-hydrogen) atoms. The van der Waals surface area contributed by atoms with E-state index in [0.29, 0.717) is 25.1 Å². The summed E-state index contributed by atoms with van der Waals surface area (Å²) in [6, 6.07) is 0.171. The quantitative estimate of drug-likeness (QED) is 0.427. The first-order valence-electron chi connectivity index (χ1n) is 14.7. The number of piperazine rings is 1. The van der Waals surface area contributed by atoms with E-state index in [4.69, 9.17) is 4.74 Å². The summed E-state index contributed by atoms with van der Waals surface area (Å²) in [4.78, 5) is 45.1. The second-order valence-electron chi connectivity index (χ2n) is 11.7. The molecule has 5 rings (SSSR count). The topological polar surface area (TPSA) is 103 Å². The first kappa shape index (κ1) is 34.3. The molecule has 236 valence electrons. The first-order chi connectivity index (χ1) is 19.3. The van der Waals surface area contributed by atoms with Crippen LogP contribution in [0.15, 0.2) is 12.1 Å². The first-order valence-corrected chi connectivity index (χ1v) is 14.7. The van der Waals surface area contributed by atoms with Gasteiger partial charge in [0.15, 0.2) is 11.6 Å². The number of carbonyl (C=O) groups is 3. The van der Waals surface area contributed by atoms with Crippen molar-refractivity contribution in [1.29, 1.82) is 0 Å². The number of fused-ring (bicyclic) bond motifs is 2. The molecule has 1 aliphatic carbocycles. The van der Waals surface area contributed by atoms with Gasteiger partial charge in [-0.25, -0.2) is 4.39 Å². The lowest BCUT2D eigenvalue weighted by atomic mass is 9.82. The largest absolute Gasteiger partial charge is 0.490 e. The van der Waals surface area contributed by atoms with Crippen molar-refractivity contribution in [3.63, 3.8) is 0 Å². The number of halogens is 4. The van der Waals surface area contributed by atoms with Crippen molar-refractivity contribution >= 4 is 42.5 Å². The average molecular weight is 635 g/mol. The third-order valence-corrected chi connectivity index (χ3v) is 9.21. The van der Waals surface area contributed by atoms with Gasteiger partial charge in [0.1, 0.15) is 12.1 Å². The predicted molar refractivity (Wildman–Crippen MR) is 159 cm³/mol.